The number of guanidine groups is 1. The van der Waals surface area contributed by atoms with Crippen LogP contribution in [0.5, 0.6) is 0 Å². The molecule has 2 N–H and O–H groups in total. The Bertz CT molecular complexity index is 551. The molecule has 0 bridgehead atoms. The number of nitrogens with zero attached hydrogens (tertiary/aromatic N) is 3. The highest BCUT2D eigenvalue weighted by Crippen LogP contribution is 2.28. The number of aliphatic hydroxyl groups is 1. The number of hydrogen-bond donors (Lipinski definition) is 2. The Hall–Kier alpha value is -1.15. The largest absolute Gasteiger partial charge is 0.444 e. The zero-order valence-corrected chi connectivity index (χ0v) is 19.7. The molecule has 2 fully saturated rings. The van der Waals surface area contributed by atoms with Gasteiger partial charge in [-0.15, -0.1) is 0 Å². The number of piperidine rings is 1. The fourth-order valence-corrected chi connectivity index (χ4v) is 4.95. The molecule has 0 aromatic heterocycles. The first kappa shape index (κ1) is 24.1. The normalized spacial score (nSPS) is 23.9. The third kappa shape index (κ3) is 7.89. The lowest BCUT2D eigenvalue weighted by Gasteiger charge is -2.36. The first-order valence-corrected chi connectivity index (χ1v) is 12.1. The molecule has 1 atom stereocenters. The number of rotatable bonds is 6. The van der Waals surface area contributed by atoms with Crippen LogP contribution in [0.4, 0.5) is 4.79 Å². The summed E-state index contributed by atoms with van der Waals surface area (Å²) in [6.45, 7) is 14.3. The maximum atomic E-state index is 12.4. The average molecular weight is 429 g/mol. The fourth-order valence-electron chi connectivity index (χ4n) is 3.67. The van der Waals surface area contributed by atoms with E-state index < -0.39 is 11.2 Å². The van der Waals surface area contributed by atoms with Crippen LogP contribution < -0.4 is 5.32 Å². The first-order valence-electron chi connectivity index (χ1n) is 11.0. The van der Waals surface area contributed by atoms with Crippen LogP contribution in [-0.2, 0) is 4.74 Å². The standard InChI is InChI=1S/C21H40N4O3S/c1-6-22-18(23-15-21(27)10-13-29-16-21)25-11-8-17(9-12-25)14-24(7-2)19(26)28-20(3,4)5/h17,27H,6-16H2,1-5H3,(H,22,23). The lowest BCUT2D eigenvalue weighted by molar-refractivity contribution is 0.0214. The number of ether oxygens (including phenoxy) is 1. The van der Waals surface area contributed by atoms with E-state index in [9.17, 15) is 9.90 Å². The predicted molar refractivity (Wildman–Crippen MR) is 121 cm³/mol. The van der Waals surface area contributed by atoms with Gasteiger partial charge in [-0.2, -0.15) is 11.8 Å². The average Bonchev–Trinajstić information content (AvgIpc) is 3.09. The second kappa shape index (κ2) is 10.8. The number of aliphatic imine (C=N–C) groups is 1. The van der Waals surface area contributed by atoms with Gasteiger partial charge >= 0.3 is 6.09 Å². The first-order chi connectivity index (χ1) is 13.7. The minimum Gasteiger partial charge on any atom is -0.444 e. The SMILES string of the molecule is CCNC(=NCC1(O)CCSC1)N1CCC(CN(CC)C(=O)OC(C)(C)C)CC1. The summed E-state index contributed by atoms with van der Waals surface area (Å²) >= 11 is 1.80. The zero-order chi connectivity index (χ0) is 21.5. The number of nitrogens with one attached hydrogen (secondary N) is 1. The maximum absolute atomic E-state index is 12.4. The number of likely N-dealkylation sites (tertiary alicyclic amines) is 1. The minimum absolute atomic E-state index is 0.222. The highest BCUT2D eigenvalue weighted by Gasteiger charge is 2.32. The van der Waals surface area contributed by atoms with E-state index in [1.807, 2.05) is 32.6 Å². The molecular weight excluding hydrogens is 388 g/mol. The smallest absolute Gasteiger partial charge is 0.410 e. The van der Waals surface area contributed by atoms with Crippen molar-refractivity contribution >= 4 is 23.8 Å². The van der Waals surface area contributed by atoms with Gasteiger partial charge in [0.1, 0.15) is 5.60 Å². The second-order valence-electron chi connectivity index (χ2n) is 9.15. The van der Waals surface area contributed by atoms with Crippen molar-refractivity contribution in [3.63, 3.8) is 0 Å². The number of amides is 1. The Morgan fingerprint density at radius 2 is 2.03 bits per heavy atom. The van der Waals surface area contributed by atoms with Crippen LogP contribution in [0.1, 0.15) is 53.9 Å². The number of carbonyl (C=O) groups is 1. The number of thioether (sulfide) groups is 1. The van der Waals surface area contributed by atoms with Gasteiger partial charge in [0, 0.05) is 38.5 Å². The summed E-state index contributed by atoms with van der Waals surface area (Å²) in [5.41, 5.74) is -1.12. The Morgan fingerprint density at radius 3 is 2.55 bits per heavy atom. The van der Waals surface area contributed by atoms with E-state index in [1.165, 1.54) is 0 Å². The molecule has 2 rings (SSSR count). The van der Waals surface area contributed by atoms with Gasteiger partial charge in [0.05, 0.1) is 12.1 Å². The molecule has 2 heterocycles. The molecule has 1 amide bonds. The highest BCUT2D eigenvalue weighted by molar-refractivity contribution is 7.99. The summed E-state index contributed by atoms with van der Waals surface area (Å²) in [7, 11) is 0. The molecule has 0 saturated carbocycles. The van der Waals surface area contributed by atoms with Gasteiger partial charge in [0.15, 0.2) is 5.96 Å². The molecule has 29 heavy (non-hydrogen) atoms. The predicted octanol–water partition coefficient (Wildman–Crippen LogP) is 2.79. The summed E-state index contributed by atoms with van der Waals surface area (Å²) in [6.07, 6.45) is 2.63. The van der Waals surface area contributed by atoms with Crippen molar-refractivity contribution in [3.8, 4) is 0 Å². The van der Waals surface area contributed by atoms with Gasteiger partial charge in [-0.25, -0.2) is 4.79 Å². The number of carbonyl (C=O) groups excluding carboxylic acids is 1. The van der Waals surface area contributed by atoms with Crippen LogP contribution in [0, 0.1) is 5.92 Å². The molecule has 2 aliphatic rings. The van der Waals surface area contributed by atoms with E-state index >= 15 is 0 Å². The molecule has 0 aliphatic carbocycles. The van der Waals surface area contributed by atoms with Crippen molar-refractivity contribution in [2.24, 2.45) is 10.9 Å². The van der Waals surface area contributed by atoms with Crippen molar-refractivity contribution in [1.29, 1.82) is 0 Å². The van der Waals surface area contributed by atoms with Crippen molar-refractivity contribution in [3.05, 3.63) is 0 Å². The lowest BCUT2D eigenvalue weighted by Crippen LogP contribution is -2.48. The van der Waals surface area contributed by atoms with Crippen molar-refractivity contribution < 1.29 is 14.6 Å². The second-order valence-corrected chi connectivity index (χ2v) is 10.3. The molecular formula is C21H40N4O3S. The Labute approximate surface area is 180 Å². The monoisotopic (exact) mass is 428 g/mol. The Kier molecular flexibility index (Phi) is 8.94. The quantitative estimate of drug-likeness (QED) is 0.500. The molecule has 168 valence electrons. The van der Waals surface area contributed by atoms with Crippen LogP contribution in [0.3, 0.4) is 0 Å². The summed E-state index contributed by atoms with van der Waals surface area (Å²) in [4.78, 5) is 21.3. The number of hydrogen-bond acceptors (Lipinski definition) is 5. The van der Waals surface area contributed by atoms with Crippen LogP contribution in [0.15, 0.2) is 4.99 Å². The van der Waals surface area contributed by atoms with Crippen molar-refractivity contribution in [2.75, 3.05) is 50.8 Å². The highest BCUT2D eigenvalue weighted by atomic mass is 32.2. The molecule has 0 aromatic carbocycles. The minimum atomic E-state index is -0.654. The zero-order valence-electron chi connectivity index (χ0n) is 18.9. The van der Waals surface area contributed by atoms with Gasteiger partial charge < -0.3 is 25.0 Å². The van der Waals surface area contributed by atoms with Gasteiger partial charge in [-0.1, -0.05) is 0 Å². The fraction of sp³-hybridized carbons (Fsp3) is 0.905. The van der Waals surface area contributed by atoms with Crippen molar-refractivity contribution in [2.45, 2.75) is 65.1 Å². The van der Waals surface area contributed by atoms with Gasteiger partial charge in [-0.05, 0) is 65.6 Å². The third-order valence-electron chi connectivity index (χ3n) is 5.37. The molecule has 7 nitrogen and oxygen atoms in total. The van der Waals surface area contributed by atoms with E-state index in [0.29, 0.717) is 19.0 Å². The van der Waals surface area contributed by atoms with E-state index in [2.05, 4.69) is 17.1 Å². The molecule has 0 spiro atoms. The van der Waals surface area contributed by atoms with Crippen LogP contribution in [-0.4, -0.2) is 88.9 Å². The van der Waals surface area contributed by atoms with Gasteiger partial charge in [0.25, 0.3) is 0 Å². The van der Waals surface area contributed by atoms with Crippen LogP contribution >= 0.6 is 11.8 Å². The molecule has 1 unspecified atom stereocenters. The topological polar surface area (TPSA) is 77.4 Å². The van der Waals surface area contributed by atoms with E-state index in [4.69, 9.17) is 9.73 Å². The Morgan fingerprint density at radius 1 is 1.34 bits per heavy atom. The van der Waals surface area contributed by atoms with Crippen molar-refractivity contribution in [1.82, 2.24) is 15.1 Å². The lowest BCUT2D eigenvalue weighted by atomic mass is 9.96. The van der Waals surface area contributed by atoms with Crippen LogP contribution in [0.25, 0.3) is 0 Å². The summed E-state index contributed by atoms with van der Waals surface area (Å²) in [5, 5.41) is 14.0. The van der Waals surface area contributed by atoms with Crippen LogP contribution in [0.2, 0.25) is 0 Å². The van der Waals surface area contributed by atoms with E-state index in [1.54, 1.807) is 11.8 Å². The van der Waals surface area contributed by atoms with E-state index in [-0.39, 0.29) is 6.09 Å². The van der Waals surface area contributed by atoms with Gasteiger partial charge in [0.2, 0.25) is 0 Å². The molecule has 2 saturated heterocycles. The molecule has 0 aromatic rings. The molecule has 0 radical (unpaired) electrons. The van der Waals surface area contributed by atoms with E-state index in [0.717, 1.165) is 62.9 Å². The molecule has 2 aliphatic heterocycles. The van der Waals surface area contributed by atoms with Gasteiger partial charge in [-0.3, -0.25) is 4.99 Å². The third-order valence-corrected chi connectivity index (χ3v) is 6.60. The molecule has 8 heteroatoms. The maximum Gasteiger partial charge on any atom is 0.410 e. The summed E-state index contributed by atoms with van der Waals surface area (Å²) < 4.78 is 5.54. The summed E-state index contributed by atoms with van der Waals surface area (Å²) in [5.74, 6) is 3.16. The summed E-state index contributed by atoms with van der Waals surface area (Å²) in [6, 6.07) is 0. The Balaban J connectivity index is 1.87.